The zero-order chi connectivity index (χ0) is 16.8. The fourth-order valence-corrected chi connectivity index (χ4v) is 2.61. The van der Waals surface area contributed by atoms with Crippen LogP contribution in [-0.2, 0) is 14.3 Å². The lowest BCUT2D eigenvalue weighted by Gasteiger charge is -2.32. The Morgan fingerprint density at radius 1 is 1.39 bits per heavy atom. The van der Waals surface area contributed by atoms with Crippen LogP contribution in [0.3, 0.4) is 0 Å². The number of aliphatic carboxylic acids is 1. The third kappa shape index (κ3) is 4.89. The van der Waals surface area contributed by atoms with Gasteiger partial charge in [-0.2, -0.15) is 0 Å². The van der Waals surface area contributed by atoms with Gasteiger partial charge < -0.3 is 14.7 Å². The van der Waals surface area contributed by atoms with E-state index in [-0.39, 0.29) is 24.3 Å². The minimum Gasteiger partial charge on any atom is -0.480 e. The molecule has 1 aromatic carbocycles. The van der Waals surface area contributed by atoms with Gasteiger partial charge >= 0.3 is 5.97 Å². The van der Waals surface area contributed by atoms with Crippen molar-refractivity contribution in [1.82, 2.24) is 4.90 Å². The predicted octanol–water partition coefficient (Wildman–Crippen LogP) is 2.32. The van der Waals surface area contributed by atoms with Crippen molar-refractivity contribution < 1.29 is 23.8 Å². The molecule has 0 aliphatic carbocycles. The van der Waals surface area contributed by atoms with E-state index in [1.165, 1.54) is 23.1 Å². The summed E-state index contributed by atoms with van der Waals surface area (Å²) in [5.74, 6) is -1.81. The summed E-state index contributed by atoms with van der Waals surface area (Å²) in [6.07, 6.45) is 2.60. The van der Waals surface area contributed by atoms with Gasteiger partial charge in [-0.25, -0.2) is 4.39 Å². The zero-order valence-electron chi connectivity index (χ0n) is 13.0. The van der Waals surface area contributed by atoms with Gasteiger partial charge in [0.25, 0.3) is 0 Å². The first-order valence-corrected chi connectivity index (χ1v) is 7.51. The molecule has 0 saturated carbocycles. The minimum atomic E-state index is -1.05. The van der Waals surface area contributed by atoms with Crippen LogP contribution < -0.4 is 0 Å². The number of carbonyl (C=O) groups is 2. The quantitative estimate of drug-likeness (QED) is 0.845. The molecular weight excluding hydrogens is 301 g/mol. The standard InChI is InChI=1S/C17H20FNO4/c1-12(13-3-2-4-14(18)10-13)9-16(20)19(11-17(21)22)15-5-7-23-8-6-15/h2-4,9-10,15H,5-8,11H2,1H3,(H,21,22)/b12-9-. The molecule has 2 rings (SSSR count). The van der Waals surface area contributed by atoms with Crippen molar-refractivity contribution in [2.24, 2.45) is 0 Å². The Hall–Kier alpha value is -2.21. The molecule has 0 spiro atoms. The Morgan fingerprint density at radius 2 is 2.09 bits per heavy atom. The van der Waals surface area contributed by atoms with E-state index in [4.69, 9.17) is 9.84 Å². The smallest absolute Gasteiger partial charge is 0.323 e. The van der Waals surface area contributed by atoms with Gasteiger partial charge in [-0.05, 0) is 43.0 Å². The molecule has 1 N–H and O–H groups in total. The van der Waals surface area contributed by atoms with Crippen molar-refractivity contribution >= 4 is 17.4 Å². The number of halogens is 1. The van der Waals surface area contributed by atoms with E-state index < -0.39 is 5.97 Å². The fourth-order valence-electron chi connectivity index (χ4n) is 2.61. The predicted molar refractivity (Wildman–Crippen MR) is 83.2 cm³/mol. The van der Waals surface area contributed by atoms with Crippen LogP contribution in [0.5, 0.6) is 0 Å². The molecule has 0 radical (unpaired) electrons. The topological polar surface area (TPSA) is 66.8 Å². The molecule has 1 fully saturated rings. The summed E-state index contributed by atoms with van der Waals surface area (Å²) in [6.45, 7) is 2.38. The van der Waals surface area contributed by atoms with E-state index in [0.717, 1.165) is 0 Å². The van der Waals surface area contributed by atoms with E-state index in [1.807, 2.05) is 0 Å². The Bertz CT molecular complexity index is 608. The molecule has 1 amide bonds. The largest absolute Gasteiger partial charge is 0.480 e. The van der Waals surface area contributed by atoms with Gasteiger partial charge in [0, 0.05) is 25.3 Å². The van der Waals surface area contributed by atoms with Crippen LogP contribution in [0.15, 0.2) is 30.3 Å². The van der Waals surface area contributed by atoms with Gasteiger partial charge in [0.15, 0.2) is 0 Å². The summed E-state index contributed by atoms with van der Waals surface area (Å²) in [4.78, 5) is 24.9. The number of ether oxygens (including phenoxy) is 1. The second-order valence-electron chi connectivity index (χ2n) is 5.54. The molecule has 0 bridgehead atoms. The minimum absolute atomic E-state index is 0.149. The van der Waals surface area contributed by atoms with Crippen LogP contribution in [0, 0.1) is 5.82 Å². The Morgan fingerprint density at radius 3 is 2.70 bits per heavy atom. The van der Waals surface area contributed by atoms with Crippen molar-refractivity contribution in [2.45, 2.75) is 25.8 Å². The number of carboxylic acids is 1. The van der Waals surface area contributed by atoms with Gasteiger partial charge in [-0.3, -0.25) is 9.59 Å². The fraction of sp³-hybridized carbons (Fsp3) is 0.412. The van der Waals surface area contributed by atoms with Crippen molar-refractivity contribution in [3.05, 3.63) is 41.7 Å². The van der Waals surface area contributed by atoms with Crippen LogP contribution in [0.25, 0.3) is 5.57 Å². The molecule has 1 saturated heterocycles. The van der Waals surface area contributed by atoms with Crippen LogP contribution in [-0.4, -0.2) is 47.7 Å². The Labute approximate surface area is 134 Å². The molecule has 1 aliphatic heterocycles. The molecule has 1 heterocycles. The number of hydrogen-bond donors (Lipinski definition) is 1. The van der Waals surface area contributed by atoms with Gasteiger partial charge in [-0.15, -0.1) is 0 Å². The maximum Gasteiger partial charge on any atom is 0.323 e. The molecule has 124 valence electrons. The number of nitrogens with zero attached hydrogens (tertiary/aromatic N) is 1. The molecule has 0 unspecified atom stereocenters. The highest BCUT2D eigenvalue weighted by molar-refractivity contribution is 5.96. The molecule has 23 heavy (non-hydrogen) atoms. The molecule has 5 nitrogen and oxygen atoms in total. The van der Waals surface area contributed by atoms with Crippen LogP contribution in [0.1, 0.15) is 25.3 Å². The summed E-state index contributed by atoms with van der Waals surface area (Å²) in [5.41, 5.74) is 1.19. The molecule has 6 heteroatoms. The van der Waals surface area contributed by atoms with Gasteiger partial charge in [-0.1, -0.05) is 12.1 Å². The molecule has 0 aromatic heterocycles. The average Bonchev–Trinajstić information content (AvgIpc) is 2.53. The molecule has 1 aliphatic rings. The summed E-state index contributed by atoms with van der Waals surface area (Å²) in [7, 11) is 0. The van der Waals surface area contributed by atoms with Crippen LogP contribution in [0.4, 0.5) is 4.39 Å². The second-order valence-corrected chi connectivity index (χ2v) is 5.54. The number of carbonyl (C=O) groups excluding carboxylic acids is 1. The highest BCUT2D eigenvalue weighted by Crippen LogP contribution is 2.18. The first-order chi connectivity index (χ1) is 11.0. The van der Waals surface area contributed by atoms with Crippen LogP contribution in [0.2, 0.25) is 0 Å². The maximum absolute atomic E-state index is 13.3. The number of allylic oxidation sites excluding steroid dienone is 1. The SMILES string of the molecule is C/C(=C/C(=O)N(CC(=O)O)C1CCOCC1)c1cccc(F)c1. The van der Waals surface area contributed by atoms with E-state index in [2.05, 4.69) is 0 Å². The number of rotatable bonds is 5. The Balaban J connectivity index is 2.18. The third-order valence-electron chi connectivity index (χ3n) is 3.84. The number of amides is 1. The normalized spacial score (nSPS) is 16.2. The lowest BCUT2D eigenvalue weighted by Crippen LogP contribution is -2.45. The highest BCUT2D eigenvalue weighted by Gasteiger charge is 2.26. The van der Waals surface area contributed by atoms with E-state index >= 15 is 0 Å². The average molecular weight is 321 g/mol. The van der Waals surface area contributed by atoms with Crippen molar-refractivity contribution in [3.8, 4) is 0 Å². The number of carboxylic acid groups (broad SMARTS) is 1. The maximum atomic E-state index is 13.3. The summed E-state index contributed by atoms with van der Waals surface area (Å²) >= 11 is 0. The molecular formula is C17H20FNO4. The highest BCUT2D eigenvalue weighted by atomic mass is 19.1. The lowest BCUT2D eigenvalue weighted by atomic mass is 10.0. The Kier molecular flexibility index (Phi) is 5.87. The third-order valence-corrected chi connectivity index (χ3v) is 3.84. The van der Waals surface area contributed by atoms with E-state index in [1.54, 1.807) is 19.1 Å². The van der Waals surface area contributed by atoms with Crippen molar-refractivity contribution in [2.75, 3.05) is 19.8 Å². The zero-order valence-corrected chi connectivity index (χ0v) is 13.0. The lowest BCUT2D eigenvalue weighted by molar-refractivity contribution is -0.145. The molecule has 1 aromatic rings. The summed E-state index contributed by atoms with van der Waals surface area (Å²) in [6, 6.07) is 5.80. The summed E-state index contributed by atoms with van der Waals surface area (Å²) in [5, 5.41) is 9.06. The number of hydrogen-bond acceptors (Lipinski definition) is 3. The van der Waals surface area contributed by atoms with Gasteiger partial charge in [0.2, 0.25) is 5.91 Å². The van der Waals surface area contributed by atoms with E-state index in [0.29, 0.717) is 37.2 Å². The van der Waals surface area contributed by atoms with Gasteiger partial charge in [0.05, 0.1) is 0 Å². The van der Waals surface area contributed by atoms with Crippen molar-refractivity contribution in [3.63, 3.8) is 0 Å². The monoisotopic (exact) mass is 321 g/mol. The summed E-state index contributed by atoms with van der Waals surface area (Å²) < 4.78 is 18.5. The van der Waals surface area contributed by atoms with Crippen molar-refractivity contribution in [1.29, 1.82) is 0 Å². The van der Waals surface area contributed by atoms with E-state index in [9.17, 15) is 14.0 Å². The molecule has 0 atom stereocenters. The second kappa shape index (κ2) is 7.87. The van der Waals surface area contributed by atoms with Crippen LogP contribution >= 0.6 is 0 Å². The first kappa shape index (κ1) is 17.1. The van der Waals surface area contributed by atoms with Gasteiger partial charge in [0.1, 0.15) is 12.4 Å². The first-order valence-electron chi connectivity index (χ1n) is 7.51. The number of benzene rings is 1.